The molecule has 0 saturated heterocycles. The Hall–Kier alpha value is -1.46. The van der Waals surface area contributed by atoms with Gasteiger partial charge in [-0.3, -0.25) is 4.21 Å². The molecule has 1 aliphatic rings. The zero-order valence-corrected chi connectivity index (χ0v) is 14.0. The van der Waals surface area contributed by atoms with E-state index >= 15 is 0 Å². The first-order valence-electron chi connectivity index (χ1n) is 7.29. The molecule has 122 valence electrons. The smallest absolute Gasteiger partial charge is 0.165 e. The van der Waals surface area contributed by atoms with Crippen LogP contribution in [0.25, 0.3) is 0 Å². The third kappa shape index (κ3) is 2.56. The number of halogens is 3. The van der Waals surface area contributed by atoms with E-state index in [1.807, 2.05) is 6.92 Å². The number of rotatable bonds is 3. The minimum atomic E-state index is -1.64. The van der Waals surface area contributed by atoms with E-state index in [1.165, 1.54) is 0 Å². The molecule has 0 saturated carbocycles. The molecule has 0 spiro atoms. The first-order chi connectivity index (χ1) is 11.0. The number of ether oxygens (including phenoxy) is 1. The molecule has 23 heavy (non-hydrogen) atoms. The van der Waals surface area contributed by atoms with E-state index in [-0.39, 0.29) is 17.9 Å². The van der Waals surface area contributed by atoms with Crippen LogP contribution in [0.4, 0.5) is 8.78 Å². The van der Waals surface area contributed by atoms with E-state index in [1.54, 1.807) is 24.3 Å². The fourth-order valence-electron chi connectivity index (χ4n) is 3.02. The average Bonchev–Trinajstić information content (AvgIpc) is 2.57. The van der Waals surface area contributed by atoms with Gasteiger partial charge in [0.2, 0.25) is 0 Å². The van der Waals surface area contributed by atoms with Crippen molar-refractivity contribution >= 4 is 22.4 Å². The molecule has 0 fully saturated rings. The summed E-state index contributed by atoms with van der Waals surface area (Å²) in [5.41, 5.74) is 0.0458. The molecule has 3 rings (SSSR count). The molecule has 0 aliphatic carbocycles. The van der Waals surface area contributed by atoms with Crippen LogP contribution >= 0.6 is 11.6 Å². The summed E-state index contributed by atoms with van der Waals surface area (Å²) in [7, 11) is -1.64. The molecule has 0 bridgehead atoms. The summed E-state index contributed by atoms with van der Waals surface area (Å²) in [6.07, 6.45) is 0.705. The molecule has 6 heteroatoms. The fraction of sp³-hybridized carbons (Fsp3) is 0.294. The first kappa shape index (κ1) is 16.4. The van der Waals surface area contributed by atoms with Crippen molar-refractivity contribution in [2.45, 2.75) is 29.4 Å². The van der Waals surface area contributed by atoms with Crippen LogP contribution in [0.1, 0.15) is 25.3 Å². The van der Waals surface area contributed by atoms with Crippen LogP contribution in [0.3, 0.4) is 0 Å². The zero-order valence-electron chi connectivity index (χ0n) is 12.4. The van der Waals surface area contributed by atoms with Crippen molar-refractivity contribution in [1.82, 2.24) is 0 Å². The molecule has 2 atom stereocenters. The number of hydrogen-bond donors (Lipinski definition) is 0. The molecule has 2 nitrogen and oxygen atoms in total. The third-order valence-electron chi connectivity index (χ3n) is 4.23. The molecule has 1 aliphatic heterocycles. The van der Waals surface area contributed by atoms with E-state index in [2.05, 4.69) is 0 Å². The normalized spacial score (nSPS) is 21.4. The number of fused-ring (bicyclic) bond motifs is 1. The van der Waals surface area contributed by atoms with Gasteiger partial charge in [0.05, 0.1) is 37.6 Å². The Kier molecular flexibility index (Phi) is 4.43. The van der Waals surface area contributed by atoms with E-state index in [9.17, 15) is 13.0 Å². The maximum Gasteiger partial charge on any atom is 0.165 e. The summed E-state index contributed by atoms with van der Waals surface area (Å²) >= 11 is 6.16. The molecule has 0 amide bonds. The van der Waals surface area contributed by atoms with Gasteiger partial charge in [0.1, 0.15) is 5.82 Å². The van der Waals surface area contributed by atoms with Crippen LogP contribution in [0.15, 0.2) is 41.3 Å². The lowest BCUT2D eigenvalue weighted by molar-refractivity contribution is 0.233. The lowest BCUT2D eigenvalue weighted by Gasteiger charge is -2.37. The monoisotopic (exact) mass is 356 g/mol. The predicted molar refractivity (Wildman–Crippen MR) is 86.3 cm³/mol. The molecule has 2 aromatic carbocycles. The highest BCUT2D eigenvalue weighted by atomic mass is 35.5. The Morgan fingerprint density at radius 3 is 2.61 bits per heavy atom. The summed E-state index contributed by atoms with van der Waals surface area (Å²) in [4.78, 5) is 0.424. The Morgan fingerprint density at radius 2 is 1.91 bits per heavy atom. The van der Waals surface area contributed by atoms with Crippen molar-refractivity contribution in [1.29, 1.82) is 0 Å². The fourth-order valence-corrected chi connectivity index (χ4v) is 5.14. The van der Waals surface area contributed by atoms with E-state index in [0.717, 1.165) is 12.1 Å². The van der Waals surface area contributed by atoms with E-state index < -0.39 is 27.2 Å². The maximum absolute atomic E-state index is 14.5. The average molecular weight is 357 g/mol. The molecular weight excluding hydrogens is 342 g/mol. The standard InChI is InChI=1S/C17H15ClF2O2S/c1-2-17(23(21)14-6-4-3-5-11(14)18)9-10-22-16-13(20)8-7-12(19)15(16)17/h3-8H,2,9-10H2,1H3. The summed E-state index contributed by atoms with van der Waals surface area (Å²) < 4.78 is 46.1. The van der Waals surface area contributed by atoms with Crippen LogP contribution in [-0.4, -0.2) is 10.8 Å². The van der Waals surface area contributed by atoms with Crippen molar-refractivity contribution in [3.05, 3.63) is 58.6 Å². The van der Waals surface area contributed by atoms with Gasteiger partial charge in [-0.25, -0.2) is 8.78 Å². The second-order valence-electron chi connectivity index (χ2n) is 5.38. The Balaban J connectivity index is 2.23. The maximum atomic E-state index is 14.5. The molecule has 0 aromatic heterocycles. The number of benzene rings is 2. The Morgan fingerprint density at radius 1 is 1.22 bits per heavy atom. The molecular formula is C17H15ClF2O2S. The highest BCUT2D eigenvalue weighted by Gasteiger charge is 2.46. The van der Waals surface area contributed by atoms with E-state index in [4.69, 9.17) is 16.3 Å². The van der Waals surface area contributed by atoms with E-state index in [0.29, 0.717) is 22.8 Å². The van der Waals surface area contributed by atoms with Crippen molar-refractivity contribution < 1.29 is 17.7 Å². The third-order valence-corrected chi connectivity index (χ3v) is 6.83. The lowest BCUT2D eigenvalue weighted by Crippen LogP contribution is -2.38. The van der Waals surface area contributed by atoms with Crippen molar-refractivity contribution in [2.75, 3.05) is 6.61 Å². The largest absolute Gasteiger partial charge is 0.490 e. The molecule has 1 heterocycles. The summed E-state index contributed by atoms with van der Waals surface area (Å²) in [5, 5.41) is 0.350. The van der Waals surface area contributed by atoms with Gasteiger partial charge in [-0.1, -0.05) is 30.7 Å². The van der Waals surface area contributed by atoms with Crippen LogP contribution in [-0.2, 0) is 15.5 Å². The molecule has 0 N–H and O–H groups in total. The van der Waals surface area contributed by atoms with Gasteiger partial charge in [0.15, 0.2) is 11.6 Å². The van der Waals surface area contributed by atoms with Crippen LogP contribution in [0.2, 0.25) is 5.02 Å². The summed E-state index contributed by atoms with van der Waals surface area (Å²) in [6, 6.07) is 8.84. The first-order valence-corrected chi connectivity index (χ1v) is 8.81. The van der Waals surface area contributed by atoms with Crippen LogP contribution in [0, 0.1) is 11.6 Å². The predicted octanol–water partition coefficient (Wildman–Crippen LogP) is 4.81. The second-order valence-corrected chi connectivity index (χ2v) is 7.54. The zero-order chi connectivity index (χ0) is 16.6. The highest BCUT2D eigenvalue weighted by molar-refractivity contribution is 7.86. The van der Waals surface area contributed by atoms with Gasteiger partial charge < -0.3 is 4.74 Å². The number of hydrogen-bond acceptors (Lipinski definition) is 2. The molecule has 0 radical (unpaired) electrons. The lowest BCUT2D eigenvalue weighted by atomic mass is 9.89. The van der Waals surface area contributed by atoms with Crippen molar-refractivity contribution in [2.24, 2.45) is 0 Å². The van der Waals surface area contributed by atoms with Crippen LogP contribution in [0.5, 0.6) is 5.75 Å². The summed E-state index contributed by atoms with van der Waals surface area (Å²) in [6.45, 7) is 1.99. The quantitative estimate of drug-likeness (QED) is 0.788. The van der Waals surface area contributed by atoms with Gasteiger partial charge in [-0.15, -0.1) is 0 Å². The Bertz CT molecular complexity index is 781. The van der Waals surface area contributed by atoms with Gasteiger partial charge in [0.25, 0.3) is 0 Å². The molecule has 2 aromatic rings. The second kappa shape index (κ2) is 6.21. The van der Waals surface area contributed by atoms with Gasteiger partial charge in [0, 0.05) is 6.42 Å². The highest BCUT2D eigenvalue weighted by Crippen LogP contribution is 2.48. The van der Waals surface area contributed by atoms with Crippen molar-refractivity contribution in [3.63, 3.8) is 0 Å². The van der Waals surface area contributed by atoms with Crippen LogP contribution < -0.4 is 4.74 Å². The SMILES string of the molecule is CCC1(S(=O)c2ccccc2Cl)CCOc2c(F)ccc(F)c21. The minimum Gasteiger partial charge on any atom is -0.490 e. The topological polar surface area (TPSA) is 26.3 Å². The Labute approximate surface area is 140 Å². The van der Waals surface area contributed by atoms with Gasteiger partial charge in [-0.05, 0) is 30.7 Å². The summed E-state index contributed by atoms with van der Waals surface area (Å²) in [5.74, 6) is -1.39. The van der Waals surface area contributed by atoms with Gasteiger partial charge in [-0.2, -0.15) is 0 Å². The minimum absolute atomic E-state index is 0.0458. The molecule has 2 unspecified atom stereocenters. The van der Waals surface area contributed by atoms with Gasteiger partial charge >= 0.3 is 0 Å². The van der Waals surface area contributed by atoms with Crippen molar-refractivity contribution in [3.8, 4) is 5.75 Å².